The minimum Gasteiger partial charge on any atom is -0.455 e. The van der Waals surface area contributed by atoms with Crippen molar-refractivity contribution < 1.29 is 14.5 Å². The second kappa shape index (κ2) is 5.82. The molecule has 0 saturated carbocycles. The van der Waals surface area contributed by atoms with Crippen LogP contribution in [0.5, 0.6) is 0 Å². The van der Waals surface area contributed by atoms with Crippen LogP contribution in [0.1, 0.15) is 25.8 Å². The Hall–Kier alpha value is -2.94. The third kappa shape index (κ3) is 3.38. The van der Waals surface area contributed by atoms with Gasteiger partial charge in [-0.25, -0.2) is 4.79 Å². The number of carbonyl (C=O) groups excluding carboxylic acids is 1. The number of allylic oxidation sites excluding steroid dienone is 1. The van der Waals surface area contributed by atoms with Crippen LogP contribution in [0.3, 0.4) is 0 Å². The summed E-state index contributed by atoms with van der Waals surface area (Å²) in [4.78, 5) is 21.9. The zero-order chi connectivity index (χ0) is 16.3. The van der Waals surface area contributed by atoms with Crippen molar-refractivity contribution in [3.63, 3.8) is 0 Å². The number of carbonyl (C=O) groups is 1. The molecule has 0 spiro atoms. The smallest absolute Gasteiger partial charge is 0.349 e. The summed E-state index contributed by atoms with van der Waals surface area (Å²) in [6.07, 6.45) is 3.83. The lowest BCUT2D eigenvalue weighted by Crippen LogP contribution is -2.33. The largest absolute Gasteiger partial charge is 0.455 e. The lowest BCUT2D eigenvalue weighted by Gasteiger charge is -2.30. The number of nitriles is 1. The lowest BCUT2D eigenvalue weighted by atomic mass is 9.91. The highest BCUT2D eigenvalue weighted by molar-refractivity contribution is 5.95. The summed E-state index contributed by atoms with van der Waals surface area (Å²) in [5.74, 6) is -0.623. The van der Waals surface area contributed by atoms with E-state index in [1.165, 1.54) is 12.1 Å². The van der Waals surface area contributed by atoms with E-state index in [0.717, 1.165) is 5.56 Å². The Morgan fingerprint density at radius 3 is 2.50 bits per heavy atom. The van der Waals surface area contributed by atoms with Crippen LogP contribution in [-0.4, -0.2) is 16.5 Å². The number of non-ortho nitro benzene ring substituents is 1. The van der Waals surface area contributed by atoms with E-state index in [0.29, 0.717) is 12.0 Å². The van der Waals surface area contributed by atoms with Gasteiger partial charge in [-0.2, -0.15) is 5.26 Å². The fourth-order valence-electron chi connectivity index (χ4n) is 2.18. The average Bonchev–Trinajstić information content (AvgIpc) is 2.44. The number of benzene rings is 1. The van der Waals surface area contributed by atoms with E-state index in [2.05, 4.69) is 0 Å². The van der Waals surface area contributed by atoms with Crippen molar-refractivity contribution in [2.45, 2.75) is 25.9 Å². The standard InChI is InChI=1S/C16H14N2O4/c1-16(2)9-12(14(10-17)15(19)22-16)6-3-11-4-7-13(8-5-11)18(20)21/h3-8H,9H2,1-2H3. The van der Waals surface area contributed by atoms with Gasteiger partial charge in [-0.1, -0.05) is 12.2 Å². The van der Waals surface area contributed by atoms with Crippen molar-refractivity contribution in [2.24, 2.45) is 0 Å². The van der Waals surface area contributed by atoms with Gasteiger partial charge < -0.3 is 4.74 Å². The molecule has 1 aliphatic heterocycles. The lowest BCUT2D eigenvalue weighted by molar-refractivity contribution is -0.384. The molecule has 0 N–H and O–H groups in total. The third-order valence-corrected chi connectivity index (χ3v) is 3.20. The highest BCUT2D eigenvalue weighted by Gasteiger charge is 2.33. The number of nitro groups is 1. The molecule has 1 heterocycles. The zero-order valence-corrected chi connectivity index (χ0v) is 12.2. The molecule has 0 aromatic heterocycles. The van der Waals surface area contributed by atoms with Crippen molar-refractivity contribution in [2.75, 3.05) is 0 Å². The summed E-state index contributed by atoms with van der Waals surface area (Å²) < 4.78 is 5.17. The first-order valence-corrected chi connectivity index (χ1v) is 6.61. The van der Waals surface area contributed by atoms with E-state index in [4.69, 9.17) is 10.00 Å². The molecule has 2 rings (SSSR count). The van der Waals surface area contributed by atoms with Gasteiger partial charge in [0.2, 0.25) is 0 Å². The number of esters is 1. The molecular formula is C16H14N2O4. The van der Waals surface area contributed by atoms with Crippen molar-refractivity contribution >= 4 is 17.7 Å². The summed E-state index contributed by atoms with van der Waals surface area (Å²) in [7, 11) is 0. The number of nitrogens with zero attached hydrogens (tertiary/aromatic N) is 2. The zero-order valence-electron chi connectivity index (χ0n) is 12.2. The van der Waals surface area contributed by atoms with Crippen LogP contribution in [0.2, 0.25) is 0 Å². The molecule has 112 valence electrons. The van der Waals surface area contributed by atoms with Gasteiger partial charge in [-0.3, -0.25) is 10.1 Å². The molecular weight excluding hydrogens is 284 g/mol. The predicted molar refractivity (Wildman–Crippen MR) is 79.6 cm³/mol. The van der Waals surface area contributed by atoms with Crippen LogP contribution >= 0.6 is 0 Å². The summed E-state index contributed by atoms with van der Waals surface area (Å²) >= 11 is 0. The minimum absolute atomic E-state index is 0.00233. The van der Waals surface area contributed by atoms with Gasteiger partial charge in [0, 0.05) is 18.6 Å². The first kappa shape index (κ1) is 15.4. The second-order valence-corrected chi connectivity index (χ2v) is 5.52. The van der Waals surface area contributed by atoms with Crippen molar-refractivity contribution in [1.29, 1.82) is 5.26 Å². The van der Waals surface area contributed by atoms with Crippen LogP contribution in [0.15, 0.2) is 41.5 Å². The van der Waals surface area contributed by atoms with Gasteiger partial charge >= 0.3 is 5.97 Å². The van der Waals surface area contributed by atoms with Crippen molar-refractivity contribution in [3.05, 3.63) is 57.2 Å². The number of hydrogen-bond donors (Lipinski definition) is 0. The van der Waals surface area contributed by atoms with Gasteiger partial charge in [0.15, 0.2) is 0 Å². The Morgan fingerprint density at radius 2 is 1.95 bits per heavy atom. The van der Waals surface area contributed by atoms with E-state index in [-0.39, 0.29) is 11.3 Å². The fourth-order valence-corrected chi connectivity index (χ4v) is 2.18. The highest BCUT2D eigenvalue weighted by Crippen LogP contribution is 2.30. The van der Waals surface area contributed by atoms with E-state index in [1.807, 2.05) is 6.07 Å². The molecule has 6 heteroatoms. The fraction of sp³-hybridized carbons (Fsp3) is 0.250. The molecule has 1 aromatic carbocycles. The molecule has 0 radical (unpaired) electrons. The van der Waals surface area contributed by atoms with Crippen LogP contribution in [0, 0.1) is 21.4 Å². The molecule has 22 heavy (non-hydrogen) atoms. The Kier molecular flexibility index (Phi) is 4.08. The normalized spacial score (nSPS) is 17.2. The first-order valence-electron chi connectivity index (χ1n) is 6.61. The van der Waals surface area contributed by atoms with Gasteiger partial charge in [0.05, 0.1) is 4.92 Å². The monoisotopic (exact) mass is 298 g/mol. The molecule has 0 saturated heterocycles. The average molecular weight is 298 g/mol. The molecule has 1 aliphatic rings. The topological polar surface area (TPSA) is 93.2 Å². The molecule has 0 fully saturated rings. The number of rotatable bonds is 3. The predicted octanol–water partition coefficient (Wildman–Crippen LogP) is 3.15. The number of ether oxygens (including phenoxy) is 1. The summed E-state index contributed by atoms with van der Waals surface area (Å²) in [5.41, 5.74) is 0.690. The first-order chi connectivity index (χ1) is 10.3. The quantitative estimate of drug-likeness (QED) is 0.485. The van der Waals surface area contributed by atoms with Crippen LogP contribution in [-0.2, 0) is 9.53 Å². The van der Waals surface area contributed by atoms with Gasteiger partial charge in [0.25, 0.3) is 5.69 Å². The van der Waals surface area contributed by atoms with Crippen LogP contribution < -0.4 is 0 Å². The van der Waals surface area contributed by atoms with Gasteiger partial charge in [0.1, 0.15) is 17.2 Å². The third-order valence-electron chi connectivity index (χ3n) is 3.20. The number of cyclic esters (lactones) is 1. The summed E-state index contributed by atoms with van der Waals surface area (Å²) in [6, 6.07) is 7.88. The van der Waals surface area contributed by atoms with Gasteiger partial charge in [-0.05, 0) is 37.1 Å². The second-order valence-electron chi connectivity index (χ2n) is 5.52. The Labute approximate surface area is 127 Å². The van der Waals surface area contributed by atoms with Crippen LogP contribution in [0.25, 0.3) is 6.08 Å². The molecule has 0 atom stereocenters. The molecule has 0 amide bonds. The number of nitro benzene ring substituents is 1. The van der Waals surface area contributed by atoms with Gasteiger partial charge in [-0.15, -0.1) is 0 Å². The minimum atomic E-state index is -0.660. The van der Waals surface area contributed by atoms with E-state index in [9.17, 15) is 14.9 Å². The van der Waals surface area contributed by atoms with E-state index < -0.39 is 16.5 Å². The Balaban J connectivity index is 2.29. The van der Waals surface area contributed by atoms with Crippen molar-refractivity contribution in [1.82, 2.24) is 0 Å². The molecule has 0 aliphatic carbocycles. The number of hydrogen-bond acceptors (Lipinski definition) is 5. The molecule has 0 bridgehead atoms. The Bertz CT molecular complexity index is 722. The Morgan fingerprint density at radius 1 is 1.32 bits per heavy atom. The molecule has 6 nitrogen and oxygen atoms in total. The maximum Gasteiger partial charge on any atom is 0.349 e. The highest BCUT2D eigenvalue weighted by atomic mass is 16.6. The summed E-state index contributed by atoms with van der Waals surface area (Å²) in [6.45, 7) is 3.55. The molecule has 1 aromatic rings. The maximum absolute atomic E-state index is 11.8. The van der Waals surface area contributed by atoms with E-state index in [1.54, 1.807) is 38.1 Å². The maximum atomic E-state index is 11.8. The van der Waals surface area contributed by atoms with E-state index >= 15 is 0 Å². The van der Waals surface area contributed by atoms with Crippen LogP contribution in [0.4, 0.5) is 5.69 Å². The molecule has 0 unspecified atom stereocenters. The van der Waals surface area contributed by atoms with Crippen molar-refractivity contribution in [3.8, 4) is 6.07 Å². The summed E-state index contributed by atoms with van der Waals surface area (Å²) in [5, 5.41) is 19.7. The SMILES string of the molecule is CC1(C)CC(C=Cc2ccc([N+](=O)[O-])cc2)=C(C#N)C(=O)O1.